The minimum Gasteiger partial charge on any atom is -0.298 e. The van der Waals surface area contributed by atoms with Gasteiger partial charge in [0, 0.05) is 19.0 Å². The van der Waals surface area contributed by atoms with Crippen LogP contribution in [0, 0.1) is 11.8 Å². The summed E-state index contributed by atoms with van der Waals surface area (Å²) in [5.41, 5.74) is 3.25. The van der Waals surface area contributed by atoms with E-state index < -0.39 is 0 Å². The van der Waals surface area contributed by atoms with Crippen LogP contribution in [0.15, 0.2) is 0 Å². The summed E-state index contributed by atoms with van der Waals surface area (Å²) in [6.07, 6.45) is 2.25. The number of nitrogens with one attached hydrogen (secondary N) is 1. The first kappa shape index (κ1) is 6.14. The van der Waals surface area contributed by atoms with Gasteiger partial charge in [-0.05, 0) is 18.8 Å². The van der Waals surface area contributed by atoms with Crippen LogP contribution in [0.3, 0.4) is 0 Å². The number of hydrogen-bond acceptors (Lipinski definition) is 3. The maximum absolute atomic E-state index is 11.5. The lowest BCUT2D eigenvalue weighted by Gasteiger charge is -2.50. The van der Waals surface area contributed by atoms with Crippen LogP contribution in [0.1, 0.15) is 12.8 Å². The van der Waals surface area contributed by atoms with Crippen LogP contribution in [0.5, 0.6) is 0 Å². The molecule has 3 heteroatoms. The Hall–Kier alpha value is -0.410. The third-order valence-corrected chi connectivity index (χ3v) is 3.19. The van der Waals surface area contributed by atoms with Gasteiger partial charge in [-0.15, -0.1) is 0 Å². The summed E-state index contributed by atoms with van der Waals surface area (Å²) in [6.45, 7) is 2.13. The van der Waals surface area contributed by atoms with Gasteiger partial charge in [0.1, 0.15) is 0 Å². The van der Waals surface area contributed by atoms with Crippen molar-refractivity contribution in [1.29, 1.82) is 0 Å². The van der Waals surface area contributed by atoms with E-state index in [0.717, 1.165) is 25.3 Å². The molecule has 0 aromatic heterocycles. The van der Waals surface area contributed by atoms with Crippen molar-refractivity contribution in [1.82, 2.24) is 10.4 Å². The molecule has 1 saturated carbocycles. The molecule has 4 fully saturated rings. The van der Waals surface area contributed by atoms with Crippen LogP contribution in [-0.4, -0.2) is 29.9 Å². The highest BCUT2D eigenvalue weighted by atomic mass is 16.1. The summed E-state index contributed by atoms with van der Waals surface area (Å²) >= 11 is 0. The van der Waals surface area contributed by atoms with Crippen LogP contribution in [0.4, 0.5) is 0 Å². The van der Waals surface area contributed by atoms with E-state index in [1.54, 1.807) is 0 Å². The molecule has 1 N–H and O–H groups in total. The lowest BCUT2D eigenvalue weighted by Crippen LogP contribution is -2.67. The molecule has 3 saturated heterocycles. The largest absolute Gasteiger partial charge is 0.298 e. The molecule has 60 valence electrons. The summed E-state index contributed by atoms with van der Waals surface area (Å²) in [4.78, 5) is 11.5. The predicted octanol–water partition coefficient (Wildman–Crippen LogP) is -0.216. The standard InChI is InChI=1S/C8H12N2O/c11-8-6-1-5-2-7(8)9-10(3-5)4-6/h5-7,9H,1-4H2. The van der Waals surface area contributed by atoms with Crippen LogP contribution in [-0.2, 0) is 4.79 Å². The molecular weight excluding hydrogens is 140 g/mol. The smallest absolute Gasteiger partial charge is 0.155 e. The highest BCUT2D eigenvalue weighted by Crippen LogP contribution is 2.35. The van der Waals surface area contributed by atoms with Crippen molar-refractivity contribution in [3.05, 3.63) is 0 Å². The van der Waals surface area contributed by atoms with Crippen molar-refractivity contribution >= 4 is 5.78 Å². The molecule has 3 aliphatic heterocycles. The zero-order chi connectivity index (χ0) is 7.42. The summed E-state index contributed by atoms with van der Waals surface area (Å²) in [5.74, 6) is 1.64. The van der Waals surface area contributed by atoms with Gasteiger partial charge in [-0.3, -0.25) is 4.79 Å². The van der Waals surface area contributed by atoms with Crippen molar-refractivity contribution in [3.63, 3.8) is 0 Å². The predicted molar refractivity (Wildman–Crippen MR) is 39.7 cm³/mol. The SMILES string of the molecule is O=C1C2CC3CC1NN(C3)C2. The van der Waals surface area contributed by atoms with Gasteiger partial charge in [-0.25, -0.2) is 10.4 Å². The van der Waals surface area contributed by atoms with Gasteiger partial charge in [0.25, 0.3) is 0 Å². The number of Topliss-reactive ketones (excluding diaryl/α,β-unsaturated/α-hetero) is 1. The molecular formula is C8H12N2O. The fourth-order valence-electron chi connectivity index (χ4n) is 2.76. The average molecular weight is 152 g/mol. The quantitative estimate of drug-likeness (QED) is 0.521. The third kappa shape index (κ3) is 0.726. The molecule has 4 aliphatic rings. The highest BCUT2D eigenvalue weighted by molar-refractivity contribution is 5.88. The molecule has 11 heavy (non-hydrogen) atoms. The van der Waals surface area contributed by atoms with E-state index in [-0.39, 0.29) is 6.04 Å². The molecule has 0 amide bonds. The summed E-state index contributed by atoms with van der Waals surface area (Å²) in [6, 6.07) is 0.182. The number of carbonyl (C=O) groups excluding carboxylic acids is 1. The van der Waals surface area contributed by atoms with E-state index in [4.69, 9.17) is 0 Å². The average Bonchev–Trinajstić information content (AvgIpc) is 1.98. The lowest BCUT2D eigenvalue weighted by molar-refractivity contribution is -0.144. The van der Waals surface area contributed by atoms with Crippen LogP contribution in [0.2, 0.25) is 0 Å². The monoisotopic (exact) mass is 152 g/mol. The van der Waals surface area contributed by atoms with E-state index in [0.29, 0.717) is 11.7 Å². The van der Waals surface area contributed by atoms with Gasteiger partial charge >= 0.3 is 0 Å². The second-order valence-electron chi connectivity index (χ2n) is 4.02. The first-order valence-corrected chi connectivity index (χ1v) is 4.38. The number of hydrazine groups is 1. The first-order chi connectivity index (χ1) is 5.33. The van der Waals surface area contributed by atoms with E-state index in [1.165, 1.54) is 6.54 Å². The summed E-state index contributed by atoms with van der Waals surface area (Å²) in [7, 11) is 0. The fraction of sp³-hybridized carbons (Fsp3) is 0.875. The third-order valence-electron chi connectivity index (χ3n) is 3.19. The van der Waals surface area contributed by atoms with Crippen molar-refractivity contribution in [2.24, 2.45) is 11.8 Å². The molecule has 1 aliphatic carbocycles. The van der Waals surface area contributed by atoms with Crippen molar-refractivity contribution < 1.29 is 4.79 Å². The molecule has 4 atom stereocenters. The molecule has 0 spiro atoms. The number of rotatable bonds is 0. The Bertz CT molecular complexity index is 184. The minimum atomic E-state index is 0.182. The second kappa shape index (κ2) is 1.84. The first-order valence-electron chi connectivity index (χ1n) is 4.38. The zero-order valence-corrected chi connectivity index (χ0v) is 6.42. The number of carbonyl (C=O) groups is 1. The minimum absolute atomic E-state index is 0.182. The summed E-state index contributed by atoms with van der Waals surface area (Å²) in [5, 5.41) is 2.23. The van der Waals surface area contributed by atoms with Crippen LogP contribution >= 0.6 is 0 Å². The zero-order valence-electron chi connectivity index (χ0n) is 6.42. The van der Waals surface area contributed by atoms with E-state index in [2.05, 4.69) is 10.4 Å². The highest BCUT2D eigenvalue weighted by Gasteiger charge is 2.46. The maximum atomic E-state index is 11.5. The van der Waals surface area contributed by atoms with Gasteiger partial charge < -0.3 is 0 Å². The van der Waals surface area contributed by atoms with E-state index >= 15 is 0 Å². The molecule has 4 bridgehead atoms. The molecule has 0 radical (unpaired) electrons. The van der Waals surface area contributed by atoms with Gasteiger partial charge in [-0.1, -0.05) is 0 Å². The Morgan fingerprint density at radius 2 is 2.27 bits per heavy atom. The Labute approximate surface area is 65.7 Å². The Balaban J connectivity index is 1.96. The molecule has 3 nitrogen and oxygen atoms in total. The second-order valence-corrected chi connectivity index (χ2v) is 4.02. The Morgan fingerprint density at radius 1 is 1.36 bits per heavy atom. The van der Waals surface area contributed by atoms with E-state index in [9.17, 15) is 4.79 Å². The Kier molecular flexibility index (Phi) is 1.03. The van der Waals surface area contributed by atoms with Crippen LogP contribution < -0.4 is 5.43 Å². The number of ketones is 1. The molecule has 0 aromatic rings. The van der Waals surface area contributed by atoms with Crippen LogP contribution in [0.25, 0.3) is 0 Å². The van der Waals surface area contributed by atoms with Crippen molar-refractivity contribution in [3.8, 4) is 0 Å². The van der Waals surface area contributed by atoms with Gasteiger partial charge in [0.2, 0.25) is 0 Å². The molecule has 3 heterocycles. The Morgan fingerprint density at radius 3 is 3.00 bits per heavy atom. The fourth-order valence-corrected chi connectivity index (χ4v) is 2.76. The van der Waals surface area contributed by atoms with Crippen molar-refractivity contribution in [2.75, 3.05) is 13.1 Å². The van der Waals surface area contributed by atoms with Gasteiger partial charge in [-0.2, -0.15) is 0 Å². The van der Waals surface area contributed by atoms with Gasteiger partial charge in [0.05, 0.1) is 6.04 Å². The maximum Gasteiger partial charge on any atom is 0.155 e. The number of piperidine rings is 1. The lowest BCUT2D eigenvalue weighted by atomic mass is 9.73. The molecule has 4 rings (SSSR count). The normalized spacial score (nSPS) is 53.6. The number of hydrogen-bond donors (Lipinski definition) is 1. The van der Waals surface area contributed by atoms with E-state index in [1.807, 2.05) is 0 Å². The topological polar surface area (TPSA) is 32.3 Å². The molecule has 0 aromatic carbocycles. The van der Waals surface area contributed by atoms with Crippen molar-refractivity contribution in [2.45, 2.75) is 18.9 Å². The number of nitrogens with zero attached hydrogens (tertiary/aromatic N) is 1. The van der Waals surface area contributed by atoms with Gasteiger partial charge in [0.15, 0.2) is 5.78 Å². The summed E-state index contributed by atoms with van der Waals surface area (Å²) < 4.78 is 0. The molecule has 4 unspecified atom stereocenters.